The van der Waals surface area contributed by atoms with Crippen molar-refractivity contribution in [3.63, 3.8) is 0 Å². The van der Waals surface area contributed by atoms with Crippen LogP contribution in [-0.2, 0) is 4.79 Å². The van der Waals surface area contributed by atoms with Gasteiger partial charge in [-0.3, -0.25) is 4.79 Å². The van der Waals surface area contributed by atoms with Gasteiger partial charge in [0.25, 0.3) is 0 Å². The third-order valence-corrected chi connectivity index (χ3v) is 14.3. The first-order valence-electron chi connectivity index (χ1n) is 14.6. The molecule has 3 unspecified atom stereocenters. The Morgan fingerprint density at radius 3 is 2.35 bits per heavy atom. The number of hydrogen-bond acceptors (Lipinski definition) is 1. The molecule has 5 fully saturated rings. The quantitative estimate of drug-likeness (QED) is 0.366. The van der Waals surface area contributed by atoms with Gasteiger partial charge in [-0.1, -0.05) is 51.5 Å². The predicted molar refractivity (Wildman–Crippen MR) is 141 cm³/mol. The first kappa shape index (κ1) is 23.8. The topological polar surface area (TPSA) is 17.1 Å². The lowest BCUT2D eigenvalue weighted by atomic mass is 9.33. The second-order valence-corrected chi connectivity index (χ2v) is 15.1. The number of carbonyl (C=O) groups excluding carboxylic acids is 1. The van der Waals surface area contributed by atoms with Crippen LogP contribution in [-0.4, -0.2) is 5.24 Å². The van der Waals surface area contributed by atoms with Gasteiger partial charge in [-0.25, -0.2) is 0 Å². The smallest absolute Gasteiger partial charge is 0.228 e. The Labute approximate surface area is 213 Å². The first-order valence-corrected chi connectivity index (χ1v) is 14.9. The lowest BCUT2D eigenvalue weighted by Crippen LogP contribution is -2.64. The summed E-state index contributed by atoms with van der Waals surface area (Å²) in [6, 6.07) is 0. The molecule has 0 aromatic heterocycles. The van der Waals surface area contributed by atoms with Crippen LogP contribution in [0.5, 0.6) is 0 Å². The predicted octanol–water partition coefficient (Wildman–Crippen LogP) is 9.11. The minimum Gasteiger partial charge on any atom is -0.281 e. The Morgan fingerprint density at radius 1 is 0.912 bits per heavy atom. The Kier molecular flexibility index (Phi) is 5.24. The molecular formula is C32H47ClO. The van der Waals surface area contributed by atoms with Crippen molar-refractivity contribution in [1.29, 1.82) is 0 Å². The van der Waals surface area contributed by atoms with Crippen LogP contribution in [0.2, 0.25) is 0 Å². The number of hydrogen-bond donors (Lipinski definition) is 0. The van der Waals surface area contributed by atoms with Crippen LogP contribution >= 0.6 is 11.6 Å². The fraction of sp³-hybridized carbons (Fsp3) is 0.844. The van der Waals surface area contributed by atoms with Crippen LogP contribution < -0.4 is 0 Å². The fourth-order valence-corrected chi connectivity index (χ4v) is 11.7. The number of rotatable bonds is 3. The first-order chi connectivity index (χ1) is 16.0. The van der Waals surface area contributed by atoms with E-state index in [4.69, 9.17) is 11.6 Å². The molecule has 0 aliphatic heterocycles. The van der Waals surface area contributed by atoms with E-state index in [1.165, 1.54) is 64.2 Å². The molecule has 6 rings (SSSR count). The van der Waals surface area contributed by atoms with E-state index in [2.05, 4.69) is 52.8 Å². The van der Waals surface area contributed by atoms with E-state index >= 15 is 0 Å². The van der Waals surface area contributed by atoms with E-state index in [-0.39, 0.29) is 10.7 Å². The molecule has 1 nitrogen and oxygen atoms in total. The molecule has 6 aliphatic carbocycles. The Bertz CT molecular complexity index is 943. The minimum atomic E-state index is -0.221. The largest absolute Gasteiger partial charge is 0.281 e. The monoisotopic (exact) mass is 482 g/mol. The molecule has 0 amide bonds. The van der Waals surface area contributed by atoms with Crippen LogP contribution in [0.1, 0.15) is 112 Å². The average Bonchev–Trinajstić information content (AvgIpc) is 3.40. The van der Waals surface area contributed by atoms with Crippen molar-refractivity contribution in [3.05, 3.63) is 23.8 Å². The van der Waals surface area contributed by atoms with Gasteiger partial charge in [0.1, 0.15) is 0 Å². The summed E-state index contributed by atoms with van der Waals surface area (Å²) >= 11 is 6.53. The standard InChI is InChI=1S/C32H47ClO/c1-6-7-21-10-13-29(3)22(20-21)11-14-31(5)25(29)9-8-24-26-23(28(2)16-17-28)12-15-32(26,27(33)34)19-18-30(24,31)4/h6-7,10,22-26H,8-9,11-20H2,1-5H3/b7-6+/t22?,23-,24-,25?,26?,29+,30-,31-,32+/m1/s1. The molecule has 0 saturated heterocycles. The summed E-state index contributed by atoms with van der Waals surface area (Å²) in [5.41, 5.74) is 2.98. The summed E-state index contributed by atoms with van der Waals surface area (Å²) in [7, 11) is 0. The van der Waals surface area contributed by atoms with E-state index in [1.54, 1.807) is 5.57 Å². The number of fused-ring (bicyclic) bond motifs is 7. The fourth-order valence-electron chi connectivity index (χ4n) is 11.4. The summed E-state index contributed by atoms with van der Waals surface area (Å²) < 4.78 is 0. The highest BCUT2D eigenvalue weighted by Gasteiger charge is 2.72. The molecule has 9 atom stereocenters. The van der Waals surface area contributed by atoms with Crippen molar-refractivity contribution in [2.24, 2.45) is 56.7 Å². The lowest BCUT2D eigenvalue weighted by Gasteiger charge is -2.71. The summed E-state index contributed by atoms with van der Waals surface area (Å²) in [6.07, 6.45) is 22.4. The van der Waals surface area contributed by atoms with Crippen LogP contribution in [0.3, 0.4) is 0 Å². The van der Waals surface area contributed by atoms with Gasteiger partial charge in [0.2, 0.25) is 5.24 Å². The minimum absolute atomic E-state index is 0.0168. The number of allylic oxidation sites excluding steroid dienone is 4. The maximum absolute atomic E-state index is 13.1. The van der Waals surface area contributed by atoms with Crippen LogP contribution in [0.15, 0.2) is 23.8 Å². The van der Waals surface area contributed by atoms with Crippen molar-refractivity contribution in [2.45, 2.75) is 112 Å². The van der Waals surface area contributed by atoms with E-state index in [1.807, 2.05) is 0 Å². The Morgan fingerprint density at radius 2 is 1.68 bits per heavy atom. The van der Waals surface area contributed by atoms with Gasteiger partial charge in [-0.05, 0) is 147 Å². The summed E-state index contributed by atoms with van der Waals surface area (Å²) in [5.74, 6) is 3.55. The zero-order valence-electron chi connectivity index (χ0n) is 22.4. The van der Waals surface area contributed by atoms with Crippen molar-refractivity contribution < 1.29 is 4.79 Å². The highest BCUT2D eigenvalue weighted by molar-refractivity contribution is 6.64. The highest BCUT2D eigenvalue weighted by Crippen LogP contribution is 2.78. The third-order valence-electron chi connectivity index (χ3n) is 13.9. The normalized spacial score (nSPS) is 53.4. The molecule has 188 valence electrons. The van der Waals surface area contributed by atoms with Crippen LogP contribution in [0.25, 0.3) is 0 Å². The second-order valence-electron chi connectivity index (χ2n) is 14.8. The maximum Gasteiger partial charge on any atom is 0.228 e. The molecule has 0 spiro atoms. The molecular weight excluding hydrogens is 436 g/mol. The average molecular weight is 483 g/mol. The van der Waals surface area contributed by atoms with Gasteiger partial charge in [-0.2, -0.15) is 0 Å². The molecule has 34 heavy (non-hydrogen) atoms. The van der Waals surface area contributed by atoms with E-state index in [0.717, 1.165) is 24.7 Å². The molecule has 0 heterocycles. The molecule has 5 saturated carbocycles. The summed E-state index contributed by atoms with van der Waals surface area (Å²) in [4.78, 5) is 13.1. The van der Waals surface area contributed by atoms with Crippen molar-refractivity contribution in [2.75, 3.05) is 0 Å². The molecule has 2 heteroatoms. The Balaban J connectivity index is 1.38. The second kappa shape index (κ2) is 7.49. The Hall–Kier alpha value is -0.560. The lowest BCUT2D eigenvalue weighted by molar-refractivity contribution is -0.219. The van der Waals surface area contributed by atoms with E-state index in [9.17, 15) is 4.79 Å². The van der Waals surface area contributed by atoms with Crippen LogP contribution in [0.4, 0.5) is 0 Å². The number of halogens is 1. The van der Waals surface area contributed by atoms with Crippen molar-refractivity contribution >= 4 is 16.8 Å². The molecule has 0 bridgehead atoms. The molecule has 0 aromatic carbocycles. The SMILES string of the molecule is C/C=C/C1=CC[C@@]2(C)C(CC[C@]3(C)C2CC[C@@H]2C4[C@H](C5(C)CC5)CC[C@]4(C(=O)Cl)CC[C@]23C)C1. The van der Waals surface area contributed by atoms with Crippen molar-refractivity contribution in [1.82, 2.24) is 0 Å². The molecule has 0 N–H and O–H groups in total. The maximum atomic E-state index is 13.1. The zero-order chi connectivity index (χ0) is 24.1. The molecule has 0 aromatic rings. The zero-order valence-corrected chi connectivity index (χ0v) is 23.1. The van der Waals surface area contributed by atoms with Gasteiger partial charge in [-0.15, -0.1) is 0 Å². The van der Waals surface area contributed by atoms with Crippen molar-refractivity contribution in [3.8, 4) is 0 Å². The molecule has 6 aliphatic rings. The van der Waals surface area contributed by atoms with Gasteiger partial charge in [0.15, 0.2) is 0 Å². The highest BCUT2D eigenvalue weighted by atomic mass is 35.5. The van der Waals surface area contributed by atoms with Crippen LogP contribution in [0, 0.1) is 56.7 Å². The van der Waals surface area contributed by atoms with Gasteiger partial charge < -0.3 is 0 Å². The molecule has 0 radical (unpaired) electrons. The van der Waals surface area contributed by atoms with Gasteiger partial charge in [0.05, 0.1) is 0 Å². The third kappa shape index (κ3) is 2.89. The van der Waals surface area contributed by atoms with E-state index in [0.29, 0.717) is 39.4 Å². The number of carbonyl (C=O) groups is 1. The van der Waals surface area contributed by atoms with Gasteiger partial charge in [0, 0.05) is 5.41 Å². The summed E-state index contributed by atoms with van der Waals surface area (Å²) in [6.45, 7) is 12.7. The van der Waals surface area contributed by atoms with E-state index < -0.39 is 0 Å². The summed E-state index contributed by atoms with van der Waals surface area (Å²) in [5, 5.41) is 0.0168. The van der Waals surface area contributed by atoms with Gasteiger partial charge >= 0.3 is 0 Å².